The van der Waals surface area contributed by atoms with E-state index in [1.807, 2.05) is 84.9 Å². The first kappa shape index (κ1) is 18.5. The standard InChI is InChI=1S/C24H20N2O3/c1-28-20-12-8-17(9-13-20)16-22-23(18-10-14-21(29-2)15-11-18)25-26(24(22)27)19-6-4-3-5-7-19/h3-16H,1-2H3/b22-16+. The van der Waals surface area contributed by atoms with Gasteiger partial charge in [-0.25, -0.2) is 0 Å². The quantitative estimate of drug-likeness (QED) is 0.607. The molecule has 1 heterocycles. The molecule has 0 aromatic heterocycles. The Morgan fingerprint density at radius 3 is 1.97 bits per heavy atom. The fourth-order valence-corrected chi connectivity index (χ4v) is 3.12. The highest BCUT2D eigenvalue weighted by molar-refractivity contribution is 6.37. The predicted molar refractivity (Wildman–Crippen MR) is 114 cm³/mol. The van der Waals surface area contributed by atoms with Crippen LogP contribution in [-0.2, 0) is 4.79 Å². The van der Waals surface area contributed by atoms with Crippen molar-refractivity contribution in [3.8, 4) is 11.5 Å². The van der Waals surface area contributed by atoms with Crippen LogP contribution in [0.1, 0.15) is 11.1 Å². The predicted octanol–water partition coefficient (Wildman–Crippen LogP) is 4.54. The molecule has 0 saturated heterocycles. The number of hydrogen-bond donors (Lipinski definition) is 0. The smallest absolute Gasteiger partial charge is 0.281 e. The number of anilines is 1. The van der Waals surface area contributed by atoms with Crippen molar-refractivity contribution in [1.29, 1.82) is 0 Å². The number of carbonyl (C=O) groups excluding carboxylic acids is 1. The van der Waals surface area contributed by atoms with E-state index in [0.717, 1.165) is 28.3 Å². The Labute approximate surface area is 169 Å². The second kappa shape index (κ2) is 8.02. The number of methoxy groups -OCH3 is 2. The van der Waals surface area contributed by atoms with Gasteiger partial charge >= 0.3 is 0 Å². The Morgan fingerprint density at radius 2 is 1.38 bits per heavy atom. The number of hydrogen-bond acceptors (Lipinski definition) is 4. The minimum atomic E-state index is -0.169. The Morgan fingerprint density at radius 1 is 0.793 bits per heavy atom. The lowest BCUT2D eigenvalue weighted by atomic mass is 10.00. The summed E-state index contributed by atoms with van der Waals surface area (Å²) in [5.41, 5.74) is 3.62. The first-order valence-corrected chi connectivity index (χ1v) is 9.18. The van der Waals surface area contributed by atoms with Crippen molar-refractivity contribution in [1.82, 2.24) is 0 Å². The summed E-state index contributed by atoms with van der Waals surface area (Å²) in [4.78, 5) is 13.2. The van der Waals surface area contributed by atoms with Crippen LogP contribution < -0.4 is 14.5 Å². The molecule has 3 aromatic rings. The van der Waals surface area contributed by atoms with Gasteiger partial charge in [0.15, 0.2) is 0 Å². The van der Waals surface area contributed by atoms with Gasteiger partial charge in [-0.1, -0.05) is 30.3 Å². The molecular weight excluding hydrogens is 364 g/mol. The van der Waals surface area contributed by atoms with Gasteiger partial charge in [-0.15, -0.1) is 0 Å². The second-order valence-electron chi connectivity index (χ2n) is 6.46. The Kier molecular flexibility index (Phi) is 5.12. The van der Waals surface area contributed by atoms with Crippen LogP contribution >= 0.6 is 0 Å². The highest BCUT2D eigenvalue weighted by Gasteiger charge is 2.32. The molecule has 5 nitrogen and oxygen atoms in total. The van der Waals surface area contributed by atoms with Crippen molar-refractivity contribution in [2.75, 3.05) is 19.2 Å². The summed E-state index contributed by atoms with van der Waals surface area (Å²) in [6, 6.07) is 24.5. The van der Waals surface area contributed by atoms with Gasteiger partial charge in [-0.3, -0.25) is 4.79 Å². The number of amides is 1. The molecule has 0 radical (unpaired) electrons. The molecule has 1 aliphatic heterocycles. The van der Waals surface area contributed by atoms with Crippen LogP contribution in [-0.4, -0.2) is 25.8 Å². The van der Waals surface area contributed by atoms with E-state index in [9.17, 15) is 4.79 Å². The minimum absolute atomic E-state index is 0.169. The van der Waals surface area contributed by atoms with Crippen LogP contribution in [0.15, 0.2) is 89.5 Å². The minimum Gasteiger partial charge on any atom is -0.497 e. The fraction of sp³-hybridized carbons (Fsp3) is 0.0833. The highest BCUT2D eigenvalue weighted by Crippen LogP contribution is 2.28. The van der Waals surface area contributed by atoms with Gasteiger partial charge in [0.25, 0.3) is 5.91 Å². The van der Waals surface area contributed by atoms with Gasteiger partial charge in [0.05, 0.1) is 25.5 Å². The average Bonchev–Trinajstić information content (AvgIpc) is 3.11. The third-order valence-electron chi connectivity index (χ3n) is 4.67. The number of carbonyl (C=O) groups is 1. The van der Waals surface area contributed by atoms with Gasteiger partial charge < -0.3 is 9.47 Å². The molecule has 0 aliphatic carbocycles. The largest absolute Gasteiger partial charge is 0.497 e. The summed E-state index contributed by atoms with van der Waals surface area (Å²) < 4.78 is 10.5. The maximum atomic E-state index is 13.2. The second-order valence-corrected chi connectivity index (χ2v) is 6.46. The summed E-state index contributed by atoms with van der Waals surface area (Å²) in [5, 5.41) is 6.08. The number of nitrogens with zero attached hydrogens (tertiary/aromatic N) is 2. The summed E-state index contributed by atoms with van der Waals surface area (Å²) in [6.07, 6.45) is 1.85. The molecule has 0 N–H and O–H groups in total. The maximum Gasteiger partial charge on any atom is 0.281 e. The Bertz CT molecular complexity index is 1070. The summed E-state index contributed by atoms with van der Waals surface area (Å²) in [6.45, 7) is 0. The van der Waals surface area contributed by atoms with Crippen molar-refractivity contribution in [2.45, 2.75) is 0 Å². The third kappa shape index (κ3) is 3.75. The normalized spacial score (nSPS) is 14.8. The zero-order valence-corrected chi connectivity index (χ0v) is 16.2. The maximum absolute atomic E-state index is 13.2. The molecule has 144 valence electrons. The molecule has 1 aliphatic rings. The fourth-order valence-electron chi connectivity index (χ4n) is 3.12. The number of hydrazone groups is 1. The third-order valence-corrected chi connectivity index (χ3v) is 4.67. The van der Waals surface area contributed by atoms with E-state index in [1.54, 1.807) is 14.2 Å². The number of benzene rings is 3. The van der Waals surface area contributed by atoms with Crippen LogP contribution in [0, 0.1) is 0 Å². The molecule has 5 heteroatoms. The van der Waals surface area contributed by atoms with Crippen molar-refractivity contribution in [2.24, 2.45) is 5.10 Å². The van der Waals surface area contributed by atoms with E-state index in [2.05, 4.69) is 5.10 Å². The summed E-state index contributed by atoms with van der Waals surface area (Å²) >= 11 is 0. The molecule has 0 atom stereocenters. The van der Waals surface area contributed by atoms with Crippen LogP contribution in [0.2, 0.25) is 0 Å². The van der Waals surface area contributed by atoms with Crippen LogP contribution in [0.5, 0.6) is 11.5 Å². The molecule has 29 heavy (non-hydrogen) atoms. The van der Waals surface area contributed by atoms with Gasteiger partial charge in [0.2, 0.25) is 0 Å². The summed E-state index contributed by atoms with van der Waals surface area (Å²) in [5.74, 6) is 1.34. The lowest BCUT2D eigenvalue weighted by Crippen LogP contribution is -2.21. The molecule has 0 spiro atoms. The highest BCUT2D eigenvalue weighted by atomic mass is 16.5. The first-order chi connectivity index (χ1) is 14.2. The van der Waals surface area contributed by atoms with E-state index in [-0.39, 0.29) is 5.91 Å². The summed E-state index contributed by atoms with van der Waals surface area (Å²) in [7, 11) is 3.25. The zero-order chi connectivity index (χ0) is 20.2. The van der Waals surface area contributed by atoms with Gasteiger partial charge in [0.1, 0.15) is 17.2 Å². The number of rotatable bonds is 5. The van der Waals surface area contributed by atoms with Gasteiger partial charge in [0, 0.05) is 5.56 Å². The van der Waals surface area contributed by atoms with Crippen LogP contribution in [0.25, 0.3) is 6.08 Å². The van der Waals surface area contributed by atoms with E-state index in [4.69, 9.17) is 9.47 Å². The van der Waals surface area contributed by atoms with E-state index in [1.165, 1.54) is 5.01 Å². The molecule has 0 fully saturated rings. The molecule has 4 rings (SSSR count). The molecule has 3 aromatic carbocycles. The molecule has 0 saturated carbocycles. The SMILES string of the molecule is COc1ccc(/C=C2/C(=O)N(c3ccccc3)N=C2c2ccc(OC)cc2)cc1. The lowest BCUT2D eigenvalue weighted by molar-refractivity contribution is -0.114. The van der Waals surface area contributed by atoms with E-state index in [0.29, 0.717) is 11.3 Å². The molecular formula is C24H20N2O3. The van der Waals surface area contributed by atoms with Crippen LogP contribution in [0.3, 0.4) is 0 Å². The van der Waals surface area contributed by atoms with Gasteiger partial charge in [-0.05, 0) is 60.2 Å². The monoisotopic (exact) mass is 384 g/mol. The Balaban J connectivity index is 1.78. The molecule has 0 unspecified atom stereocenters. The van der Waals surface area contributed by atoms with Crippen molar-refractivity contribution < 1.29 is 14.3 Å². The van der Waals surface area contributed by atoms with E-state index < -0.39 is 0 Å². The zero-order valence-electron chi connectivity index (χ0n) is 16.2. The Hall–Kier alpha value is -3.86. The van der Waals surface area contributed by atoms with Crippen molar-refractivity contribution >= 4 is 23.4 Å². The molecule has 0 bridgehead atoms. The number of para-hydroxylation sites is 1. The molecule has 1 amide bonds. The van der Waals surface area contributed by atoms with Crippen molar-refractivity contribution in [3.05, 3.63) is 95.6 Å². The van der Waals surface area contributed by atoms with Crippen molar-refractivity contribution in [3.63, 3.8) is 0 Å². The van der Waals surface area contributed by atoms with Gasteiger partial charge in [-0.2, -0.15) is 10.1 Å². The average molecular weight is 384 g/mol. The lowest BCUT2D eigenvalue weighted by Gasteiger charge is -2.10. The first-order valence-electron chi connectivity index (χ1n) is 9.18. The van der Waals surface area contributed by atoms with Crippen LogP contribution in [0.4, 0.5) is 5.69 Å². The number of ether oxygens (including phenoxy) is 2. The van der Waals surface area contributed by atoms with E-state index >= 15 is 0 Å². The topological polar surface area (TPSA) is 51.1 Å².